The Kier molecular flexibility index (Phi) is 4.19. The molecule has 2 N–H and O–H groups in total. The first kappa shape index (κ1) is 14.5. The number of rotatable bonds is 4. The summed E-state index contributed by atoms with van der Waals surface area (Å²) in [5.41, 5.74) is 1.57. The molecule has 0 radical (unpaired) electrons. The third-order valence-corrected chi connectivity index (χ3v) is 3.13. The lowest BCUT2D eigenvalue weighted by Crippen LogP contribution is -2.09. The molecule has 0 heterocycles. The summed E-state index contributed by atoms with van der Waals surface area (Å²) >= 11 is 0. The standard InChI is InChI=1S/C16H13FN2O2/c1-10(12-4-2-11(9-18)3-5-12)19-15-8-13(16(20)21)6-7-14(15)17/h2-8,10,19H,1H3,(H,20,21). The van der Waals surface area contributed by atoms with E-state index in [9.17, 15) is 9.18 Å². The summed E-state index contributed by atoms with van der Waals surface area (Å²) in [6, 6.07) is 12.3. The fraction of sp³-hybridized carbons (Fsp3) is 0.125. The van der Waals surface area contributed by atoms with Gasteiger partial charge in [-0.15, -0.1) is 0 Å². The van der Waals surface area contributed by atoms with Crippen molar-refractivity contribution in [3.8, 4) is 6.07 Å². The second-order valence-corrected chi connectivity index (χ2v) is 4.60. The second-order valence-electron chi connectivity index (χ2n) is 4.60. The molecule has 0 saturated heterocycles. The Morgan fingerprint density at radius 2 is 1.95 bits per heavy atom. The minimum Gasteiger partial charge on any atom is -0.478 e. The van der Waals surface area contributed by atoms with Gasteiger partial charge < -0.3 is 10.4 Å². The average molecular weight is 284 g/mol. The van der Waals surface area contributed by atoms with E-state index in [0.29, 0.717) is 5.56 Å². The largest absolute Gasteiger partial charge is 0.478 e. The van der Waals surface area contributed by atoms with E-state index in [-0.39, 0.29) is 17.3 Å². The molecule has 0 aliphatic heterocycles. The van der Waals surface area contributed by atoms with Gasteiger partial charge in [0.25, 0.3) is 0 Å². The SMILES string of the molecule is CC(Nc1cc(C(=O)O)ccc1F)c1ccc(C#N)cc1. The lowest BCUT2D eigenvalue weighted by molar-refractivity contribution is 0.0697. The van der Waals surface area contributed by atoms with Crippen LogP contribution in [0.15, 0.2) is 42.5 Å². The van der Waals surface area contributed by atoms with Crippen molar-refractivity contribution in [1.29, 1.82) is 5.26 Å². The van der Waals surface area contributed by atoms with Crippen LogP contribution in [0.3, 0.4) is 0 Å². The highest BCUT2D eigenvalue weighted by Gasteiger charge is 2.11. The quantitative estimate of drug-likeness (QED) is 0.900. The van der Waals surface area contributed by atoms with Crippen LogP contribution in [-0.4, -0.2) is 11.1 Å². The molecule has 0 aromatic heterocycles. The van der Waals surface area contributed by atoms with Crippen molar-refractivity contribution in [2.75, 3.05) is 5.32 Å². The molecule has 0 fully saturated rings. The van der Waals surface area contributed by atoms with Gasteiger partial charge in [-0.2, -0.15) is 5.26 Å². The highest BCUT2D eigenvalue weighted by atomic mass is 19.1. The van der Waals surface area contributed by atoms with E-state index >= 15 is 0 Å². The number of carboxylic acids is 1. The van der Waals surface area contributed by atoms with E-state index in [0.717, 1.165) is 11.6 Å². The van der Waals surface area contributed by atoms with Gasteiger partial charge in [-0.05, 0) is 42.8 Å². The Labute approximate surface area is 121 Å². The Morgan fingerprint density at radius 1 is 1.29 bits per heavy atom. The van der Waals surface area contributed by atoms with Crippen LogP contribution < -0.4 is 5.32 Å². The molecule has 106 valence electrons. The summed E-state index contributed by atoms with van der Waals surface area (Å²) in [5.74, 6) is -1.62. The third-order valence-electron chi connectivity index (χ3n) is 3.13. The molecule has 21 heavy (non-hydrogen) atoms. The predicted molar refractivity (Wildman–Crippen MR) is 76.6 cm³/mol. The minimum absolute atomic E-state index is 0.0194. The first-order chi connectivity index (χ1) is 10.0. The lowest BCUT2D eigenvalue weighted by atomic mass is 10.1. The van der Waals surface area contributed by atoms with Crippen LogP contribution in [0.25, 0.3) is 0 Å². The van der Waals surface area contributed by atoms with Crippen LogP contribution in [-0.2, 0) is 0 Å². The first-order valence-corrected chi connectivity index (χ1v) is 6.30. The van der Waals surface area contributed by atoms with Gasteiger partial charge in [0, 0.05) is 6.04 Å². The van der Waals surface area contributed by atoms with Gasteiger partial charge >= 0.3 is 5.97 Å². The van der Waals surface area contributed by atoms with E-state index in [1.165, 1.54) is 12.1 Å². The normalized spacial score (nSPS) is 11.5. The molecule has 2 aromatic rings. The van der Waals surface area contributed by atoms with Gasteiger partial charge in [-0.1, -0.05) is 12.1 Å². The monoisotopic (exact) mass is 284 g/mol. The number of nitrogens with zero attached hydrogens (tertiary/aromatic N) is 1. The number of benzene rings is 2. The van der Waals surface area contributed by atoms with E-state index < -0.39 is 11.8 Å². The molecule has 5 heteroatoms. The smallest absolute Gasteiger partial charge is 0.335 e. The summed E-state index contributed by atoms with van der Waals surface area (Å²) in [4.78, 5) is 10.9. The molecule has 2 aromatic carbocycles. The highest BCUT2D eigenvalue weighted by molar-refractivity contribution is 5.88. The summed E-state index contributed by atoms with van der Waals surface area (Å²) in [7, 11) is 0. The van der Waals surface area contributed by atoms with E-state index in [2.05, 4.69) is 5.32 Å². The van der Waals surface area contributed by atoms with Gasteiger partial charge in [0.2, 0.25) is 0 Å². The molecule has 1 atom stereocenters. The number of nitriles is 1. The van der Waals surface area contributed by atoms with Crippen molar-refractivity contribution in [3.05, 3.63) is 65.0 Å². The topological polar surface area (TPSA) is 73.1 Å². The van der Waals surface area contributed by atoms with E-state index in [1.807, 2.05) is 13.0 Å². The van der Waals surface area contributed by atoms with Gasteiger partial charge in [0.05, 0.1) is 22.9 Å². The number of carboxylic acid groups (broad SMARTS) is 1. The number of carbonyl (C=O) groups is 1. The highest BCUT2D eigenvalue weighted by Crippen LogP contribution is 2.23. The molecule has 4 nitrogen and oxygen atoms in total. The number of aromatic carboxylic acids is 1. The van der Waals surface area contributed by atoms with Crippen molar-refractivity contribution < 1.29 is 14.3 Å². The summed E-state index contributed by atoms with van der Waals surface area (Å²) in [5, 5.41) is 20.6. The van der Waals surface area contributed by atoms with E-state index in [1.54, 1.807) is 24.3 Å². The third kappa shape index (κ3) is 3.37. The van der Waals surface area contributed by atoms with Crippen LogP contribution in [0.1, 0.15) is 34.5 Å². The predicted octanol–water partition coefficient (Wildman–Crippen LogP) is 3.57. The maximum atomic E-state index is 13.7. The van der Waals surface area contributed by atoms with Crippen LogP contribution in [0.5, 0.6) is 0 Å². The Bertz CT molecular complexity index is 705. The zero-order valence-electron chi connectivity index (χ0n) is 11.3. The van der Waals surface area contributed by atoms with Crippen molar-refractivity contribution in [3.63, 3.8) is 0 Å². The van der Waals surface area contributed by atoms with Crippen molar-refractivity contribution in [2.24, 2.45) is 0 Å². The molecule has 0 spiro atoms. The molecule has 2 rings (SSSR count). The van der Waals surface area contributed by atoms with Gasteiger partial charge in [-0.3, -0.25) is 0 Å². The van der Waals surface area contributed by atoms with Crippen molar-refractivity contribution in [2.45, 2.75) is 13.0 Å². The zero-order chi connectivity index (χ0) is 15.4. The Balaban J connectivity index is 2.22. The number of anilines is 1. The van der Waals surface area contributed by atoms with Crippen LogP contribution >= 0.6 is 0 Å². The molecule has 0 saturated carbocycles. The van der Waals surface area contributed by atoms with Crippen molar-refractivity contribution >= 4 is 11.7 Å². The fourth-order valence-corrected chi connectivity index (χ4v) is 1.93. The fourth-order valence-electron chi connectivity index (χ4n) is 1.93. The first-order valence-electron chi connectivity index (χ1n) is 6.30. The molecular weight excluding hydrogens is 271 g/mol. The van der Waals surface area contributed by atoms with Gasteiger partial charge in [0.1, 0.15) is 5.82 Å². The Morgan fingerprint density at radius 3 is 2.52 bits per heavy atom. The molecule has 1 unspecified atom stereocenters. The maximum Gasteiger partial charge on any atom is 0.335 e. The summed E-state index contributed by atoms with van der Waals surface area (Å²) in [6.07, 6.45) is 0. The van der Waals surface area contributed by atoms with Gasteiger partial charge in [-0.25, -0.2) is 9.18 Å². The molecule has 0 aliphatic carbocycles. The molecule has 0 amide bonds. The second kappa shape index (κ2) is 6.06. The number of halogens is 1. The van der Waals surface area contributed by atoms with Crippen LogP contribution in [0.2, 0.25) is 0 Å². The number of hydrogen-bond acceptors (Lipinski definition) is 3. The molecule has 0 aliphatic rings. The van der Waals surface area contributed by atoms with Gasteiger partial charge in [0.15, 0.2) is 0 Å². The Hall–Kier alpha value is -2.87. The van der Waals surface area contributed by atoms with Crippen LogP contribution in [0, 0.1) is 17.1 Å². The summed E-state index contributed by atoms with van der Waals surface area (Å²) < 4.78 is 13.7. The number of nitrogens with one attached hydrogen (secondary N) is 1. The van der Waals surface area contributed by atoms with Crippen molar-refractivity contribution in [1.82, 2.24) is 0 Å². The number of hydrogen-bond donors (Lipinski definition) is 2. The maximum absolute atomic E-state index is 13.7. The summed E-state index contributed by atoms with van der Waals surface area (Å²) in [6.45, 7) is 1.83. The molecular formula is C16H13FN2O2. The zero-order valence-corrected chi connectivity index (χ0v) is 11.3. The van der Waals surface area contributed by atoms with Crippen LogP contribution in [0.4, 0.5) is 10.1 Å². The average Bonchev–Trinajstić information content (AvgIpc) is 2.49. The van der Waals surface area contributed by atoms with E-state index in [4.69, 9.17) is 10.4 Å². The lowest BCUT2D eigenvalue weighted by Gasteiger charge is -2.16. The molecule has 0 bridgehead atoms. The minimum atomic E-state index is -1.11.